The Morgan fingerprint density at radius 3 is 2.47 bits per heavy atom. The number of aryl methyl sites for hydroxylation is 2. The average molecular weight is 238 g/mol. The molecule has 4 nitrogen and oxygen atoms in total. The van der Waals surface area contributed by atoms with Crippen LogP contribution in [0.4, 0.5) is 0 Å². The lowest BCUT2D eigenvalue weighted by molar-refractivity contribution is 0.277. The number of aromatic hydroxyl groups is 1. The first-order valence-corrected chi connectivity index (χ1v) is 6.16. The van der Waals surface area contributed by atoms with Crippen LogP contribution in [0.1, 0.15) is 48.7 Å². The maximum absolute atomic E-state index is 9.85. The van der Waals surface area contributed by atoms with E-state index in [4.69, 9.17) is 5.73 Å². The van der Waals surface area contributed by atoms with Gasteiger partial charge >= 0.3 is 0 Å². The molecule has 0 atom stereocenters. The maximum atomic E-state index is 9.85. The summed E-state index contributed by atoms with van der Waals surface area (Å²) in [5.74, 6) is 0.121. The van der Waals surface area contributed by atoms with Crippen LogP contribution in [0.3, 0.4) is 0 Å². The zero-order valence-electron chi connectivity index (χ0n) is 10.7. The lowest BCUT2D eigenvalue weighted by Crippen LogP contribution is -2.09. The second kappa shape index (κ2) is 6.57. The van der Waals surface area contributed by atoms with Crippen LogP contribution in [0.5, 0.6) is 5.75 Å². The maximum Gasteiger partial charge on any atom is 0.141 e. The molecule has 4 heteroatoms. The van der Waals surface area contributed by atoms with Crippen molar-refractivity contribution in [2.45, 2.75) is 52.7 Å². The molecule has 1 rings (SSSR count). The van der Waals surface area contributed by atoms with Gasteiger partial charge in [0.2, 0.25) is 0 Å². The Morgan fingerprint density at radius 1 is 1.24 bits per heavy atom. The van der Waals surface area contributed by atoms with Gasteiger partial charge in [0.15, 0.2) is 0 Å². The van der Waals surface area contributed by atoms with Crippen molar-refractivity contribution in [1.82, 2.24) is 4.98 Å². The number of nitrogens with zero attached hydrogens (tertiary/aromatic N) is 1. The first-order chi connectivity index (χ1) is 8.15. The predicted octanol–water partition coefficient (Wildman–Crippen LogP) is 1.78. The van der Waals surface area contributed by atoms with Gasteiger partial charge in [-0.15, -0.1) is 0 Å². The number of aliphatic hydroxyl groups excluding tert-OH is 1. The highest BCUT2D eigenvalue weighted by atomic mass is 16.3. The predicted molar refractivity (Wildman–Crippen MR) is 67.7 cm³/mol. The number of aliphatic hydroxyl groups is 1. The van der Waals surface area contributed by atoms with Crippen molar-refractivity contribution in [1.29, 1.82) is 0 Å². The van der Waals surface area contributed by atoms with Crippen molar-refractivity contribution in [2.24, 2.45) is 5.73 Å². The third kappa shape index (κ3) is 3.17. The number of hydrogen-bond acceptors (Lipinski definition) is 4. The van der Waals surface area contributed by atoms with Gasteiger partial charge in [-0.1, -0.05) is 19.8 Å². The number of rotatable bonds is 6. The summed E-state index contributed by atoms with van der Waals surface area (Å²) in [7, 11) is 0. The van der Waals surface area contributed by atoms with Crippen molar-refractivity contribution in [3.05, 3.63) is 22.5 Å². The van der Waals surface area contributed by atoms with Gasteiger partial charge in [0.25, 0.3) is 0 Å². The first kappa shape index (κ1) is 13.9. The standard InChI is InChI=1S/C13H22N2O2/c1-3-4-5-6-12-11(8-16)10(7-14)13(17)9(2)15-12/h16-17H,3-8,14H2,1-2H3. The molecule has 0 aliphatic heterocycles. The molecule has 0 saturated heterocycles. The van der Waals surface area contributed by atoms with Crippen LogP contribution in [-0.4, -0.2) is 15.2 Å². The van der Waals surface area contributed by atoms with Crippen molar-refractivity contribution in [3.63, 3.8) is 0 Å². The first-order valence-electron chi connectivity index (χ1n) is 6.16. The number of pyridine rings is 1. The van der Waals surface area contributed by atoms with E-state index in [9.17, 15) is 10.2 Å². The number of hydrogen-bond donors (Lipinski definition) is 3. The third-order valence-electron chi connectivity index (χ3n) is 3.02. The van der Waals surface area contributed by atoms with Gasteiger partial charge in [-0.05, 0) is 19.8 Å². The van der Waals surface area contributed by atoms with Crippen LogP contribution in [-0.2, 0) is 19.6 Å². The van der Waals surface area contributed by atoms with Gasteiger partial charge in [-0.25, -0.2) is 0 Å². The van der Waals surface area contributed by atoms with E-state index in [2.05, 4.69) is 11.9 Å². The highest BCUT2D eigenvalue weighted by molar-refractivity contribution is 5.44. The van der Waals surface area contributed by atoms with Crippen LogP contribution >= 0.6 is 0 Å². The summed E-state index contributed by atoms with van der Waals surface area (Å²) in [6.45, 7) is 4.02. The summed E-state index contributed by atoms with van der Waals surface area (Å²) in [6.07, 6.45) is 4.17. The van der Waals surface area contributed by atoms with Gasteiger partial charge in [0.05, 0.1) is 12.3 Å². The SMILES string of the molecule is CCCCCc1nc(C)c(O)c(CN)c1CO. The molecular formula is C13H22N2O2. The van der Waals surface area contributed by atoms with Crippen molar-refractivity contribution in [3.8, 4) is 5.75 Å². The van der Waals surface area contributed by atoms with Crippen LogP contribution in [0.15, 0.2) is 0 Å². The Balaban J connectivity index is 3.06. The van der Waals surface area contributed by atoms with E-state index in [-0.39, 0.29) is 18.9 Å². The van der Waals surface area contributed by atoms with Gasteiger partial charge < -0.3 is 15.9 Å². The van der Waals surface area contributed by atoms with E-state index < -0.39 is 0 Å². The molecule has 96 valence electrons. The molecule has 0 aliphatic carbocycles. The summed E-state index contributed by atoms with van der Waals surface area (Å²) >= 11 is 0. The summed E-state index contributed by atoms with van der Waals surface area (Å²) in [5, 5.41) is 19.2. The van der Waals surface area contributed by atoms with Crippen molar-refractivity contribution >= 4 is 0 Å². The number of unbranched alkanes of at least 4 members (excludes halogenated alkanes) is 2. The normalized spacial score (nSPS) is 10.8. The fraction of sp³-hybridized carbons (Fsp3) is 0.615. The number of aromatic nitrogens is 1. The molecule has 1 aromatic rings. The number of nitrogens with two attached hydrogens (primary N) is 1. The minimum Gasteiger partial charge on any atom is -0.506 e. The van der Waals surface area contributed by atoms with E-state index >= 15 is 0 Å². The van der Waals surface area contributed by atoms with Crippen LogP contribution in [0.25, 0.3) is 0 Å². The van der Waals surface area contributed by atoms with Crippen molar-refractivity contribution < 1.29 is 10.2 Å². The molecular weight excluding hydrogens is 216 g/mol. The minimum atomic E-state index is -0.116. The lowest BCUT2D eigenvalue weighted by Gasteiger charge is -2.14. The minimum absolute atomic E-state index is 0.116. The largest absolute Gasteiger partial charge is 0.506 e. The Bertz CT molecular complexity index is 378. The van der Waals surface area contributed by atoms with Gasteiger partial charge in [-0.2, -0.15) is 0 Å². The average Bonchev–Trinajstić information content (AvgIpc) is 2.33. The van der Waals surface area contributed by atoms with Gasteiger partial charge in [0, 0.05) is 23.4 Å². The van der Waals surface area contributed by atoms with Gasteiger partial charge in [-0.3, -0.25) is 4.98 Å². The smallest absolute Gasteiger partial charge is 0.141 e. The topological polar surface area (TPSA) is 79.4 Å². The van der Waals surface area contributed by atoms with Crippen molar-refractivity contribution in [2.75, 3.05) is 0 Å². The Kier molecular flexibility index (Phi) is 5.38. The molecule has 1 aromatic heterocycles. The zero-order valence-corrected chi connectivity index (χ0v) is 10.7. The fourth-order valence-electron chi connectivity index (χ4n) is 2.01. The van der Waals surface area contributed by atoms with E-state index in [1.807, 2.05) is 0 Å². The lowest BCUT2D eigenvalue weighted by atomic mass is 10.0. The second-order valence-electron chi connectivity index (χ2n) is 4.27. The summed E-state index contributed by atoms with van der Waals surface area (Å²) in [4.78, 5) is 4.36. The molecule has 0 bridgehead atoms. The highest BCUT2D eigenvalue weighted by Crippen LogP contribution is 2.27. The molecule has 0 unspecified atom stereocenters. The Labute approximate surface area is 102 Å². The summed E-state index contributed by atoms with van der Waals surface area (Å²) in [5.41, 5.74) is 8.42. The molecule has 0 spiro atoms. The van der Waals surface area contributed by atoms with E-state index in [0.29, 0.717) is 16.8 Å². The zero-order chi connectivity index (χ0) is 12.8. The molecule has 0 fully saturated rings. The fourth-order valence-corrected chi connectivity index (χ4v) is 2.01. The third-order valence-corrected chi connectivity index (χ3v) is 3.02. The summed E-state index contributed by atoms with van der Waals surface area (Å²) in [6, 6.07) is 0. The molecule has 0 radical (unpaired) electrons. The van der Waals surface area contributed by atoms with Crippen LogP contribution in [0.2, 0.25) is 0 Å². The molecule has 0 aliphatic rings. The van der Waals surface area contributed by atoms with E-state index in [1.54, 1.807) is 6.92 Å². The highest BCUT2D eigenvalue weighted by Gasteiger charge is 2.15. The monoisotopic (exact) mass is 238 g/mol. The summed E-state index contributed by atoms with van der Waals surface area (Å²) < 4.78 is 0. The molecule has 17 heavy (non-hydrogen) atoms. The van der Waals surface area contributed by atoms with E-state index in [1.165, 1.54) is 0 Å². The molecule has 0 saturated carbocycles. The molecule has 4 N–H and O–H groups in total. The second-order valence-corrected chi connectivity index (χ2v) is 4.27. The van der Waals surface area contributed by atoms with Crippen LogP contribution < -0.4 is 5.73 Å². The molecule has 1 heterocycles. The van der Waals surface area contributed by atoms with Crippen LogP contribution in [0, 0.1) is 6.92 Å². The van der Waals surface area contributed by atoms with E-state index in [0.717, 1.165) is 31.4 Å². The van der Waals surface area contributed by atoms with Gasteiger partial charge in [0.1, 0.15) is 5.75 Å². The Morgan fingerprint density at radius 2 is 1.94 bits per heavy atom. The molecule has 0 amide bonds. The quantitative estimate of drug-likeness (QED) is 0.660. The molecule has 0 aromatic carbocycles. The Hall–Kier alpha value is -1.13.